The summed E-state index contributed by atoms with van der Waals surface area (Å²) in [5.74, 6) is 0.501. The van der Waals surface area contributed by atoms with Gasteiger partial charge in [-0.3, -0.25) is 9.10 Å². The van der Waals surface area contributed by atoms with E-state index in [1.165, 1.54) is 23.5 Å². The van der Waals surface area contributed by atoms with Gasteiger partial charge < -0.3 is 14.8 Å². The highest BCUT2D eigenvalue weighted by Crippen LogP contribution is 2.38. The van der Waals surface area contributed by atoms with E-state index in [9.17, 15) is 26.4 Å². The Bertz CT molecular complexity index is 1770. The van der Waals surface area contributed by atoms with E-state index in [1.807, 2.05) is 37.8 Å². The van der Waals surface area contributed by atoms with Crippen LogP contribution in [-0.2, 0) is 34.5 Å². The van der Waals surface area contributed by atoms with Crippen LogP contribution in [0, 0.1) is 5.92 Å². The van der Waals surface area contributed by atoms with Gasteiger partial charge >= 0.3 is 6.18 Å². The van der Waals surface area contributed by atoms with Crippen LogP contribution in [0.4, 0.5) is 24.5 Å². The summed E-state index contributed by atoms with van der Waals surface area (Å²) >= 11 is 0. The van der Waals surface area contributed by atoms with Crippen molar-refractivity contribution >= 4 is 38.3 Å². The van der Waals surface area contributed by atoms with Crippen molar-refractivity contribution in [2.45, 2.75) is 49.1 Å². The van der Waals surface area contributed by atoms with Crippen LogP contribution in [0.1, 0.15) is 48.6 Å². The number of aromatic nitrogens is 2. The number of alkyl halides is 3. The Morgan fingerprint density at radius 3 is 2.33 bits per heavy atom. The molecule has 1 heterocycles. The van der Waals surface area contributed by atoms with Gasteiger partial charge in [-0.05, 0) is 99.4 Å². The molecule has 8 nitrogen and oxygen atoms in total. The average Bonchev–Trinajstić information content (AvgIpc) is 3.34. The SMILES string of the molecule is CN(C)CCc1nc2cc(S(=O)(=O)N(C)c3ccc([C@H]4CCC[C@@H](C(=O)Nc5ccc(C(F)(F)F)cc5)C4)cc3)ccc2n1C. The smallest absolute Gasteiger partial charge is 0.331 e. The van der Waals surface area contributed by atoms with Gasteiger partial charge in [0.2, 0.25) is 5.91 Å². The molecule has 0 aliphatic heterocycles. The highest BCUT2D eigenvalue weighted by atomic mass is 32.2. The molecule has 1 aliphatic rings. The number of nitrogens with one attached hydrogen (secondary N) is 1. The van der Waals surface area contributed by atoms with Crippen molar-refractivity contribution in [2.24, 2.45) is 13.0 Å². The number of benzene rings is 3. The molecule has 45 heavy (non-hydrogen) atoms. The first kappa shape index (κ1) is 32.5. The summed E-state index contributed by atoms with van der Waals surface area (Å²) in [4.78, 5) is 19.9. The number of nitrogens with zero attached hydrogens (tertiary/aromatic N) is 4. The van der Waals surface area contributed by atoms with Crippen LogP contribution in [0.2, 0.25) is 0 Å². The van der Waals surface area contributed by atoms with Crippen LogP contribution < -0.4 is 9.62 Å². The molecule has 0 saturated heterocycles. The Hall–Kier alpha value is -3.90. The third-order valence-electron chi connectivity index (χ3n) is 8.64. The molecule has 1 aliphatic carbocycles. The molecular weight excluding hydrogens is 603 g/mol. The Labute approximate surface area is 261 Å². The molecule has 12 heteroatoms. The zero-order valence-corrected chi connectivity index (χ0v) is 26.6. The van der Waals surface area contributed by atoms with Gasteiger partial charge in [0.25, 0.3) is 10.0 Å². The number of anilines is 2. The topological polar surface area (TPSA) is 87.5 Å². The van der Waals surface area contributed by atoms with E-state index in [1.54, 1.807) is 30.3 Å². The van der Waals surface area contributed by atoms with Crippen LogP contribution in [0.3, 0.4) is 0 Å². The molecule has 240 valence electrons. The number of likely N-dealkylation sites (N-methyl/N-ethyl adjacent to an activating group) is 1. The highest BCUT2D eigenvalue weighted by Gasteiger charge is 2.31. The maximum absolute atomic E-state index is 13.6. The average molecular weight is 642 g/mol. The summed E-state index contributed by atoms with van der Waals surface area (Å²) in [5, 5.41) is 2.76. The number of halogens is 3. The van der Waals surface area contributed by atoms with Gasteiger partial charge in [0.15, 0.2) is 0 Å². The van der Waals surface area contributed by atoms with Gasteiger partial charge in [-0.25, -0.2) is 13.4 Å². The molecule has 0 bridgehead atoms. The summed E-state index contributed by atoms with van der Waals surface area (Å²) in [6, 6.07) is 16.8. The number of rotatable bonds is 9. The van der Waals surface area contributed by atoms with E-state index >= 15 is 0 Å². The normalized spacial score (nSPS) is 17.5. The number of carbonyl (C=O) groups excluding carboxylic acids is 1. The van der Waals surface area contributed by atoms with Crippen molar-refractivity contribution in [1.29, 1.82) is 0 Å². The molecule has 1 saturated carbocycles. The van der Waals surface area contributed by atoms with Crippen molar-refractivity contribution in [3.8, 4) is 0 Å². The molecule has 1 N–H and O–H groups in total. The first-order valence-corrected chi connectivity index (χ1v) is 16.3. The number of aryl methyl sites for hydroxylation is 1. The summed E-state index contributed by atoms with van der Waals surface area (Å²) in [6.45, 7) is 0.832. The molecule has 1 aromatic heterocycles. The summed E-state index contributed by atoms with van der Waals surface area (Å²) in [7, 11) is 3.60. The number of hydrogen-bond donors (Lipinski definition) is 1. The maximum atomic E-state index is 13.6. The minimum atomic E-state index is -4.43. The zero-order chi connectivity index (χ0) is 32.5. The number of amides is 1. The first-order chi connectivity index (χ1) is 21.2. The van der Waals surface area contributed by atoms with Crippen LogP contribution >= 0.6 is 0 Å². The predicted octanol–water partition coefficient (Wildman–Crippen LogP) is 6.43. The first-order valence-electron chi connectivity index (χ1n) is 14.9. The number of carbonyl (C=O) groups is 1. The number of fused-ring (bicyclic) bond motifs is 1. The second-order valence-corrected chi connectivity index (χ2v) is 13.9. The number of imidazole rings is 1. The van der Waals surface area contributed by atoms with Gasteiger partial charge in [0, 0.05) is 38.7 Å². The molecule has 0 spiro atoms. The van der Waals surface area contributed by atoms with Gasteiger partial charge in [-0.2, -0.15) is 13.2 Å². The Kier molecular flexibility index (Phi) is 9.27. The Balaban J connectivity index is 1.25. The van der Waals surface area contributed by atoms with Gasteiger partial charge in [-0.15, -0.1) is 0 Å². The third kappa shape index (κ3) is 7.17. The van der Waals surface area contributed by atoms with E-state index in [-0.39, 0.29) is 22.6 Å². The molecule has 4 aromatic rings. The monoisotopic (exact) mass is 641 g/mol. The zero-order valence-electron chi connectivity index (χ0n) is 25.8. The second-order valence-electron chi connectivity index (χ2n) is 12.0. The molecule has 3 aromatic carbocycles. The predicted molar refractivity (Wildman–Crippen MR) is 170 cm³/mol. The summed E-state index contributed by atoms with van der Waals surface area (Å²) < 4.78 is 69.0. The van der Waals surface area contributed by atoms with Crippen molar-refractivity contribution in [3.63, 3.8) is 0 Å². The molecule has 1 amide bonds. The maximum Gasteiger partial charge on any atom is 0.416 e. The van der Waals surface area contributed by atoms with Crippen LogP contribution in [0.25, 0.3) is 11.0 Å². The fourth-order valence-electron chi connectivity index (χ4n) is 5.91. The van der Waals surface area contributed by atoms with Gasteiger partial charge in [0.05, 0.1) is 27.2 Å². The lowest BCUT2D eigenvalue weighted by Gasteiger charge is -2.29. The van der Waals surface area contributed by atoms with Gasteiger partial charge in [0.1, 0.15) is 5.82 Å². The minimum absolute atomic E-state index is 0.103. The number of sulfonamides is 1. The van der Waals surface area contributed by atoms with E-state index in [0.29, 0.717) is 29.7 Å². The van der Waals surface area contributed by atoms with Crippen molar-refractivity contribution in [1.82, 2.24) is 14.5 Å². The third-order valence-corrected chi connectivity index (χ3v) is 10.4. The van der Waals surface area contributed by atoms with Crippen LogP contribution in [0.5, 0.6) is 0 Å². The molecule has 5 rings (SSSR count). The van der Waals surface area contributed by atoms with Crippen molar-refractivity contribution in [2.75, 3.05) is 37.3 Å². The van der Waals surface area contributed by atoms with Crippen molar-refractivity contribution in [3.05, 3.63) is 83.7 Å². The lowest BCUT2D eigenvalue weighted by Crippen LogP contribution is -2.28. The van der Waals surface area contributed by atoms with E-state index in [4.69, 9.17) is 4.98 Å². The molecular formula is C33H38F3N5O3S. The van der Waals surface area contributed by atoms with Crippen molar-refractivity contribution < 1.29 is 26.4 Å². The van der Waals surface area contributed by atoms with Crippen LogP contribution in [0.15, 0.2) is 71.6 Å². The summed E-state index contributed by atoms with van der Waals surface area (Å²) in [5.41, 5.74) is 2.59. The lowest BCUT2D eigenvalue weighted by molar-refractivity contribution is -0.137. The van der Waals surface area contributed by atoms with Crippen LogP contribution in [-0.4, -0.2) is 56.5 Å². The quantitative estimate of drug-likeness (QED) is 0.228. The Morgan fingerprint density at radius 2 is 1.69 bits per heavy atom. The number of hydrogen-bond acceptors (Lipinski definition) is 5. The second kappa shape index (κ2) is 12.8. The van der Waals surface area contributed by atoms with Gasteiger partial charge in [-0.1, -0.05) is 18.6 Å². The largest absolute Gasteiger partial charge is 0.416 e. The van der Waals surface area contributed by atoms with E-state index in [0.717, 1.165) is 54.8 Å². The molecule has 1 fully saturated rings. The molecule has 0 radical (unpaired) electrons. The molecule has 0 unspecified atom stereocenters. The molecule has 2 atom stereocenters. The fourth-order valence-corrected chi connectivity index (χ4v) is 7.12. The van der Waals surface area contributed by atoms with E-state index < -0.39 is 21.8 Å². The minimum Gasteiger partial charge on any atom is -0.331 e. The standard InChI is InChI=1S/C33H38F3N5O3S/c1-39(2)19-18-31-38-29-21-28(16-17-30(29)40(31)3)45(43,44)41(4)27-14-8-22(9-15-27)23-6-5-7-24(20-23)32(42)37-26-12-10-25(11-13-26)33(34,35)36/h8-17,21,23-24H,5-7,18-20H2,1-4H3,(H,37,42)/t23-,24+/m0/s1. The highest BCUT2D eigenvalue weighted by molar-refractivity contribution is 7.92. The van der Waals surface area contributed by atoms with E-state index in [2.05, 4.69) is 10.2 Å². The summed E-state index contributed by atoms with van der Waals surface area (Å²) in [6.07, 6.45) is -0.674. The fraction of sp³-hybridized carbons (Fsp3) is 0.394. The Morgan fingerprint density at radius 1 is 1.00 bits per heavy atom. The lowest BCUT2D eigenvalue weighted by atomic mass is 9.77.